The topological polar surface area (TPSA) is 71.4 Å². The van der Waals surface area contributed by atoms with Gasteiger partial charge >= 0.3 is 0 Å². The lowest BCUT2D eigenvalue weighted by atomic mass is 9.97. The number of methoxy groups -OCH3 is 2. The molecule has 4 rings (SSSR count). The molecule has 0 spiro atoms. The lowest BCUT2D eigenvalue weighted by Gasteiger charge is -2.26. The first-order valence-electron chi connectivity index (χ1n) is 11.1. The predicted octanol–water partition coefficient (Wildman–Crippen LogP) is 4.29. The summed E-state index contributed by atoms with van der Waals surface area (Å²) >= 11 is 0. The molecular formula is C27H26FN3O4. The number of likely N-dealkylation sites (N-methyl/N-ethyl adjacent to an activating group) is 1. The first-order chi connectivity index (χ1) is 16.9. The zero-order valence-corrected chi connectivity index (χ0v) is 19.8. The highest BCUT2D eigenvalue weighted by atomic mass is 19.1. The Hall–Kier alpha value is -4.20. The van der Waals surface area contributed by atoms with E-state index in [-0.39, 0.29) is 12.5 Å². The van der Waals surface area contributed by atoms with Gasteiger partial charge in [0.15, 0.2) is 0 Å². The van der Waals surface area contributed by atoms with Crippen molar-refractivity contribution in [2.24, 2.45) is 5.10 Å². The number of hydrogen-bond acceptors (Lipinski definition) is 5. The van der Waals surface area contributed by atoms with E-state index >= 15 is 0 Å². The van der Waals surface area contributed by atoms with Gasteiger partial charge in [0, 0.05) is 30.2 Å². The Balaban J connectivity index is 1.61. The third-order valence-corrected chi connectivity index (χ3v) is 5.90. The highest BCUT2D eigenvalue weighted by molar-refractivity contribution is 6.04. The van der Waals surface area contributed by atoms with Gasteiger partial charge in [0.25, 0.3) is 11.8 Å². The molecule has 0 saturated carbocycles. The fraction of sp³-hybridized carbons (Fsp3) is 0.222. The van der Waals surface area contributed by atoms with Crippen molar-refractivity contribution < 1.29 is 23.5 Å². The summed E-state index contributed by atoms with van der Waals surface area (Å²) in [6.45, 7) is -0.204. The van der Waals surface area contributed by atoms with E-state index in [0.29, 0.717) is 34.8 Å². The maximum atomic E-state index is 14.5. The van der Waals surface area contributed by atoms with Crippen LogP contribution in [0.2, 0.25) is 0 Å². The van der Waals surface area contributed by atoms with Crippen LogP contribution in [0.3, 0.4) is 0 Å². The lowest BCUT2D eigenvalue weighted by molar-refractivity contribution is -0.133. The second-order valence-electron chi connectivity index (χ2n) is 8.12. The van der Waals surface area contributed by atoms with Crippen LogP contribution in [0.1, 0.15) is 33.9 Å². The molecule has 1 aliphatic rings. The average Bonchev–Trinajstić information content (AvgIpc) is 3.33. The monoisotopic (exact) mass is 475 g/mol. The number of carbonyl (C=O) groups excluding carboxylic acids is 2. The fourth-order valence-electron chi connectivity index (χ4n) is 4.08. The zero-order chi connectivity index (χ0) is 24.9. The van der Waals surface area contributed by atoms with E-state index in [1.165, 1.54) is 16.0 Å². The molecule has 0 bridgehead atoms. The van der Waals surface area contributed by atoms with Crippen LogP contribution in [0.4, 0.5) is 4.39 Å². The molecule has 35 heavy (non-hydrogen) atoms. The molecule has 2 amide bonds. The number of nitrogens with zero attached hydrogens (tertiary/aromatic N) is 3. The minimum atomic E-state index is -0.502. The second kappa shape index (κ2) is 10.4. The van der Waals surface area contributed by atoms with Crippen LogP contribution >= 0.6 is 0 Å². The number of rotatable bonds is 7. The molecule has 180 valence electrons. The van der Waals surface area contributed by atoms with E-state index in [9.17, 15) is 14.0 Å². The number of carbonyl (C=O) groups is 2. The van der Waals surface area contributed by atoms with Gasteiger partial charge in [-0.25, -0.2) is 9.40 Å². The first kappa shape index (κ1) is 23.9. The summed E-state index contributed by atoms with van der Waals surface area (Å²) in [7, 11) is 4.66. The van der Waals surface area contributed by atoms with Gasteiger partial charge < -0.3 is 14.4 Å². The highest BCUT2D eigenvalue weighted by Crippen LogP contribution is 2.37. The van der Waals surface area contributed by atoms with Crippen LogP contribution in [0.15, 0.2) is 77.9 Å². The van der Waals surface area contributed by atoms with Gasteiger partial charge in [0.1, 0.15) is 23.9 Å². The Morgan fingerprint density at radius 1 is 1.00 bits per heavy atom. The summed E-state index contributed by atoms with van der Waals surface area (Å²) in [6.07, 6.45) is 0.309. The van der Waals surface area contributed by atoms with Gasteiger partial charge in [-0.05, 0) is 36.4 Å². The third kappa shape index (κ3) is 5.01. The van der Waals surface area contributed by atoms with Gasteiger partial charge in [0.2, 0.25) is 0 Å². The van der Waals surface area contributed by atoms with E-state index in [1.807, 2.05) is 18.2 Å². The zero-order valence-electron chi connectivity index (χ0n) is 19.8. The molecule has 1 aliphatic heterocycles. The van der Waals surface area contributed by atoms with E-state index in [2.05, 4.69) is 5.10 Å². The van der Waals surface area contributed by atoms with Gasteiger partial charge in [-0.3, -0.25) is 9.59 Å². The molecule has 0 saturated heterocycles. The van der Waals surface area contributed by atoms with E-state index in [1.54, 1.807) is 69.8 Å². The molecule has 0 N–H and O–H groups in total. The molecule has 0 fully saturated rings. The molecule has 8 heteroatoms. The first-order valence-corrected chi connectivity index (χ1v) is 11.1. The van der Waals surface area contributed by atoms with Gasteiger partial charge in [0.05, 0.1) is 26.0 Å². The quantitative estimate of drug-likeness (QED) is 0.511. The number of halogens is 1. The van der Waals surface area contributed by atoms with E-state index < -0.39 is 17.8 Å². The van der Waals surface area contributed by atoms with E-state index in [4.69, 9.17) is 9.47 Å². The Morgan fingerprint density at radius 2 is 1.69 bits per heavy atom. The minimum Gasteiger partial charge on any atom is -0.497 e. The van der Waals surface area contributed by atoms with Crippen molar-refractivity contribution in [2.75, 3.05) is 27.8 Å². The van der Waals surface area contributed by atoms with Crippen LogP contribution in [0.5, 0.6) is 11.5 Å². The number of amides is 2. The number of benzene rings is 3. The van der Waals surface area contributed by atoms with Crippen LogP contribution < -0.4 is 9.47 Å². The lowest BCUT2D eigenvalue weighted by Crippen LogP contribution is -2.39. The largest absolute Gasteiger partial charge is 0.497 e. The van der Waals surface area contributed by atoms with Crippen LogP contribution in [-0.2, 0) is 4.79 Å². The van der Waals surface area contributed by atoms with Crippen molar-refractivity contribution in [1.29, 1.82) is 0 Å². The van der Waals surface area contributed by atoms with Crippen molar-refractivity contribution in [3.8, 4) is 11.5 Å². The molecular weight excluding hydrogens is 449 g/mol. The molecule has 0 aromatic heterocycles. The summed E-state index contributed by atoms with van der Waals surface area (Å²) in [6, 6.07) is 19.8. The average molecular weight is 476 g/mol. The van der Waals surface area contributed by atoms with Crippen LogP contribution in [0.25, 0.3) is 0 Å². The summed E-state index contributed by atoms with van der Waals surface area (Å²) in [4.78, 5) is 27.6. The third-order valence-electron chi connectivity index (χ3n) is 5.90. The Bertz CT molecular complexity index is 1260. The van der Waals surface area contributed by atoms with Crippen molar-refractivity contribution in [1.82, 2.24) is 9.91 Å². The van der Waals surface area contributed by atoms with Crippen molar-refractivity contribution >= 4 is 17.5 Å². The number of hydrazone groups is 1. The Kier molecular flexibility index (Phi) is 7.10. The van der Waals surface area contributed by atoms with Crippen LogP contribution in [-0.4, -0.2) is 55.2 Å². The smallest absolute Gasteiger partial charge is 0.262 e. The van der Waals surface area contributed by atoms with Gasteiger partial charge in [-0.2, -0.15) is 5.10 Å². The number of para-hydroxylation sites is 1. The van der Waals surface area contributed by atoms with Gasteiger partial charge in [-0.1, -0.05) is 36.4 Å². The SMILES string of the molecule is COc1ccc(C(=O)N(C)CC(=O)N2N=C(c3ccccc3F)C[C@@H]2c2ccccc2OC)cc1. The Labute approximate surface area is 203 Å². The predicted molar refractivity (Wildman–Crippen MR) is 130 cm³/mol. The number of hydrogen-bond donors (Lipinski definition) is 0. The van der Waals surface area contributed by atoms with Gasteiger partial charge in [-0.15, -0.1) is 0 Å². The molecule has 0 aliphatic carbocycles. The van der Waals surface area contributed by atoms with Crippen molar-refractivity contribution in [3.63, 3.8) is 0 Å². The molecule has 3 aromatic carbocycles. The summed E-state index contributed by atoms with van der Waals surface area (Å²) < 4.78 is 25.2. The van der Waals surface area contributed by atoms with E-state index in [0.717, 1.165) is 5.56 Å². The number of ether oxygens (including phenoxy) is 2. The highest BCUT2D eigenvalue weighted by Gasteiger charge is 2.36. The fourth-order valence-corrected chi connectivity index (χ4v) is 4.08. The molecule has 1 atom stereocenters. The standard InChI is InChI=1S/C27H26FN3O4/c1-30(27(33)18-12-14-19(34-2)15-13-18)17-26(32)31-24(21-9-5-7-11-25(21)35-3)16-23(29-31)20-8-4-6-10-22(20)28/h4-15,24H,16-17H2,1-3H3/t24-/m1/s1. The molecule has 1 heterocycles. The summed E-state index contributed by atoms with van der Waals surface area (Å²) in [5, 5.41) is 5.84. The molecule has 0 unspecified atom stereocenters. The van der Waals surface area contributed by atoms with Crippen LogP contribution in [0, 0.1) is 5.82 Å². The van der Waals surface area contributed by atoms with Crippen molar-refractivity contribution in [2.45, 2.75) is 12.5 Å². The second-order valence-corrected chi connectivity index (χ2v) is 8.12. The maximum Gasteiger partial charge on any atom is 0.262 e. The Morgan fingerprint density at radius 3 is 2.37 bits per heavy atom. The summed E-state index contributed by atoms with van der Waals surface area (Å²) in [5.41, 5.74) is 1.98. The molecule has 3 aromatic rings. The van der Waals surface area contributed by atoms with Crippen molar-refractivity contribution in [3.05, 3.63) is 95.3 Å². The maximum absolute atomic E-state index is 14.5. The molecule has 0 radical (unpaired) electrons. The minimum absolute atomic E-state index is 0.204. The normalized spacial score (nSPS) is 14.9. The summed E-state index contributed by atoms with van der Waals surface area (Å²) in [5.74, 6) is 0.116. The molecule has 7 nitrogen and oxygen atoms in total.